The van der Waals surface area contributed by atoms with Crippen LogP contribution in [0.15, 0.2) is 40.1 Å². The number of fused-ring (bicyclic) bond motifs is 1. The summed E-state index contributed by atoms with van der Waals surface area (Å²) in [5, 5.41) is 3.09. The Hall–Kier alpha value is -3.22. The van der Waals surface area contributed by atoms with E-state index in [0.717, 1.165) is 24.0 Å². The van der Waals surface area contributed by atoms with Gasteiger partial charge in [-0.05, 0) is 49.9 Å². The Balaban J connectivity index is 1.76. The molecule has 7 nitrogen and oxygen atoms in total. The number of benzene rings is 1. The van der Waals surface area contributed by atoms with Gasteiger partial charge >= 0.3 is 5.69 Å². The lowest BCUT2D eigenvalue weighted by Crippen LogP contribution is -2.30. The molecule has 7 heteroatoms. The van der Waals surface area contributed by atoms with E-state index in [0.29, 0.717) is 11.3 Å². The van der Waals surface area contributed by atoms with Gasteiger partial charge in [0.2, 0.25) is 0 Å². The molecule has 0 saturated heterocycles. The highest BCUT2D eigenvalue weighted by Gasteiger charge is 2.27. The summed E-state index contributed by atoms with van der Waals surface area (Å²) in [6, 6.07) is 7.23. The zero-order chi connectivity index (χ0) is 18.4. The molecule has 1 fully saturated rings. The van der Waals surface area contributed by atoms with Gasteiger partial charge in [0.1, 0.15) is 5.65 Å². The molecule has 0 atom stereocenters. The minimum Gasteiger partial charge on any atom is -0.322 e. The number of amides is 1. The molecule has 4 rings (SSSR count). The lowest BCUT2D eigenvalue weighted by atomic mass is 10.1. The first-order valence-corrected chi connectivity index (χ1v) is 8.48. The number of anilines is 1. The molecule has 1 aromatic carbocycles. The number of pyridine rings is 1. The summed E-state index contributed by atoms with van der Waals surface area (Å²) in [4.78, 5) is 43.4. The number of nitrogens with zero attached hydrogens (tertiary/aromatic N) is 2. The fourth-order valence-electron chi connectivity index (χ4n) is 3.01. The van der Waals surface area contributed by atoms with Gasteiger partial charge in [-0.2, -0.15) is 0 Å². The summed E-state index contributed by atoms with van der Waals surface area (Å²) >= 11 is 0. The number of H-pyrrole nitrogens is 1. The molecule has 1 aliphatic carbocycles. The van der Waals surface area contributed by atoms with Crippen LogP contribution in [0, 0.1) is 13.8 Å². The molecular weight excluding hydrogens is 332 g/mol. The third-order valence-corrected chi connectivity index (χ3v) is 4.81. The van der Waals surface area contributed by atoms with Gasteiger partial charge in [0, 0.05) is 17.9 Å². The Kier molecular flexibility index (Phi) is 3.72. The number of hydrogen-bond acceptors (Lipinski definition) is 4. The van der Waals surface area contributed by atoms with E-state index in [2.05, 4.69) is 15.3 Å². The minimum absolute atomic E-state index is 0.0731. The second-order valence-corrected chi connectivity index (χ2v) is 6.66. The third-order valence-electron chi connectivity index (χ3n) is 4.81. The van der Waals surface area contributed by atoms with Crippen LogP contribution in [0.3, 0.4) is 0 Å². The number of rotatable bonds is 3. The first-order valence-electron chi connectivity index (χ1n) is 8.48. The average molecular weight is 350 g/mol. The maximum atomic E-state index is 12.6. The van der Waals surface area contributed by atoms with Gasteiger partial charge in [-0.15, -0.1) is 0 Å². The standard InChI is InChI=1S/C19H18N4O3/c1-10-4-3-5-15(11(10)2)21-17(24)12-8-14-16(20-9-12)23(13-6-7-13)19(26)22-18(14)25/h3-5,8-9,13H,6-7H2,1-2H3,(H,21,24)(H,22,25,26). The third kappa shape index (κ3) is 2.71. The minimum atomic E-state index is -0.532. The second-order valence-electron chi connectivity index (χ2n) is 6.66. The molecule has 0 aliphatic heterocycles. The van der Waals surface area contributed by atoms with E-state index >= 15 is 0 Å². The van der Waals surface area contributed by atoms with Crippen molar-refractivity contribution in [2.24, 2.45) is 0 Å². The summed E-state index contributed by atoms with van der Waals surface area (Å²) in [6.07, 6.45) is 3.18. The average Bonchev–Trinajstić information content (AvgIpc) is 3.43. The molecule has 1 aliphatic rings. The number of nitrogens with one attached hydrogen (secondary N) is 2. The largest absolute Gasteiger partial charge is 0.330 e. The lowest BCUT2D eigenvalue weighted by Gasteiger charge is -2.11. The van der Waals surface area contributed by atoms with Gasteiger partial charge < -0.3 is 5.32 Å². The van der Waals surface area contributed by atoms with Gasteiger partial charge in [0.25, 0.3) is 11.5 Å². The first-order chi connectivity index (χ1) is 12.5. The SMILES string of the molecule is Cc1cccc(NC(=O)c2cnc3c(c2)c(=O)[nH]c(=O)n3C2CC2)c1C. The molecule has 2 N–H and O–H groups in total. The van der Waals surface area contributed by atoms with Crippen LogP contribution in [-0.4, -0.2) is 20.4 Å². The molecule has 0 spiro atoms. The van der Waals surface area contributed by atoms with Crippen molar-refractivity contribution in [3.8, 4) is 0 Å². The van der Waals surface area contributed by atoms with E-state index in [-0.39, 0.29) is 22.9 Å². The van der Waals surface area contributed by atoms with Crippen molar-refractivity contribution in [3.63, 3.8) is 0 Å². The van der Waals surface area contributed by atoms with Crippen LogP contribution in [0.4, 0.5) is 5.69 Å². The smallest absolute Gasteiger partial charge is 0.322 e. The van der Waals surface area contributed by atoms with Crippen LogP contribution in [0.1, 0.15) is 40.4 Å². The molecular formula is C19H18N4O3. The highest BCUT2D eigenvalue weighted by Crippen LogP contribution is 2.34. The summed E-state index contributed by atoms with van der Waals surface area (Å²) in [5.41, 5.74) is 2.38. The quantitative estimate of drug-likeness (QED) is 0.757. The van der Waals surface area contributed by atoms with E-state index < -0.39 is 11.2 Å². The van der Waals surface area contributed by atoms with Crippen LogP contribution in [-0.2, 0) is 0 Å². The summed E-state index contributed by atoms with van der Waals surface area (Å²) in [7, 11) is 0. The van der Waals surface area contributed by atoms with Crippen molar-refractivity contribution in [1.82, 2.24) is 14.5 Å². The second kappa shape index (κ2) is 5.94. The van der Waals surface area contributed by atoms with Crippen LogP contribution >= 0.6 is 0 Å². The van der Waals surface area contributed by atoms with Gasteiger partial charge in [-0.25, -0.2) is 9.78 Å². The molecule has 2 heterocycles. The predicted octanol–water partition coefficient (Wildman–Crippen LogP) is 2.29. The van der Waals surface area contributed by atoms with Crippen molar-refractivity contribution in [2.75, 3.05) is 5.32 Å². The van der Waals surface area contributed by atoms with Crippen molar-refractivity contribution < 1.29 is 4.79 Å². The Morgan fingerprint density at radius 3 is 2.77 bits per heavy atom. The number of carbonyl (C=O) groups is 1. The molecule has 1 amide bonds. The van der Waals surface area contributed by atoms with Gasteiger partial charge in [-0.3, -0.25) is 19.1 Å². The van der Waals surface area contributed by atoms with Crippen molar-refractivity contribution in [2.45, 2.75) is 32.7 Å². The molecule has 0 unspecified atom stereocenters. The molecule has 26 heavy (non-hydrogen) atoms. The molecule has 2 aromatic heterocycles. The van der Waals surface area contributed by atoms with Gasteiger partial charge in [-0.1, -0.05) is 12.1 Å². The number of hydrogen-bond donors (Lipinski definition) is 2. The fourth-order valence-corrected chi connectivity index (χ4v) is 3.01. The number of aromatic amines is 1. The van der Waals surface area contributed by atoms with Crippen molar-refractivity contribution in [3.05, 3.63) is 68.0 Å². The van der Waals surface area contributed by atoms with E-state index in [4.69, 9.17) is 0 Å². The van der Waals surface area contributed by atoms with Crippen LogP contribution in [0.25, 0.3) is 11.0 Å². The van der Waals surface area contributed by atoms with E-state index in [1.807, 2.05) is 32.0 Å². The molecule has 0 bridgehead atoms. The normalized spacial score (nSPS) is 13.8. The zero-order valence-electron chi connectivity index (χ0n) is 14.5. The Morgan fingerprint density at radius 2 is 2.04 bits per heavy atom. The van der Waals surface area contributed by atoms with Gasteiger partial charge in [0.15, 0.2) is 0 Å². The number of aryl methyl sites for hydroxylation is 1. The Bertz CT molecular complexity index is 1160. The Labute approximate surface area is 148 Å². The highest BCUT2D eigenvalue weighted by molar-refractivity contribution is 6.06. The lowest BCUT2D eigenvalue weighted by molar-refractivity contribution is 0.102. The van der Waals surface area contributed by atoms with Crippen LogP contribution < -0.4 is 16.6 Å². The zero-order valence-corrected chi connectivity index (χ0v) is 14.5. The summed E-state index contributed by atoms with van der Waals surface area (Å²) < 4.78 is 1.50. The van der Waals surface area contributed by atoms with Crippen LogP contribution in [0.5, 0.6) is 0 Å². The van der Waals surface area contributed by atoms with E-state index in [9.17, 15) is 14.4 Å². The van der Waals surface area contributed by atoms with Crippen molar-refractivity contribution >= 4 is 22.6 Å². The Morgan fingerprint density at radius 1 is 1.27 bits per heavy atom. The maximum absolute atomic E-state index is 12.6. The predicted molar refractivity (Wildman–Crippen MR) is 98.8 cm³/mol. The first kappa shape index (κ1) is 16.3. The molecule has 1 saturated carbocycles. The fraction of sp³-hybridized carbons (Fsp3) is 0.263. The molecule has 3 aromatic rings. The highest BCUT2D eigenvalue weighted by atomic mass is 16.2. The molecule has 0 radical (unpaired) electrons. The maximum Gasteiger partial charge on any atom is 0.330 e. The van der Waals surface area contributed by atoms with E-state index in [1.165, 1.54) is 16.8 Å². The van der Waals surface area contributed by atoms with E-state index in [1.54, 1.807) is 0 Å². The van der Waals surface area contributed by atoms with Crippen LogP contribution in [0.2, 0.25) is 0 Å². The number of carbonyl (C=O) groups excluding carboxylic acids is 1. The molecule has 132 valence electrons. The topological polar surface area (TPSA) is 96.8 Å². The van der Waals surface area contributed by atoms with Gasteiger partial charge in [0.05, 0.1) is 10.9 Å². The van der Waals surface area contributed by atoms with Crippen molar-refractivity contribution in [1.29, 1.82) is 0 Å². The monoisotopic (exact) mass is 350 g/mol. The number of aromatic nitrogens is 3. The summed E-state index contributed by atoms with van der Waals surface area (Å²) in [5.74, 6) is -0.350. The summed E-state index contributed by atoms with van der Waals surface area (Å²) in [6.45, 7) is 3.90.